The Balaban J connectivity index is 1.07. The SMILES string of the molecule is OC[C@@H]1O[C@H]2O[C@@H]3C(O)[C@H](O)[C@@H](O[C@H]3CO)O[C@@H]3C(O)[C@H](O)[C@@H](O[C@H]3CO)O[C@@H]3C(O)[C@H](O)[C@@H](O[C@H]3CO)O[C@@H]3C(O)[C@H](O)[C@@H](O[C@H]3CO)OC3(O)CO[C@@H](O[C@@H]4C(O)[C@H](O)[C@H](O[C@H]4CO)O[C@@H]1C(O)[C@@H]2O)[C@@H](O)C3O. The van der Waals surface area contributed by atoms with E-state index < -0.39 is 255 Å². The van der Waals surface area contributed by atoms with Crippen LogP contribution in [0.5, 0.6) is 0 Å². The van der Waals surface area contributed by atoms with E-state index in [9.17, 15) is 107 Å². The van der Waals surface area contributed by atoms with Crippen molar-refractivity contribution in [3.8, 4) is 0 Å². The van der Waals surface area contributed by atoms with E-state index in [-0.39, 0.29) is 0 Å². The van der Waals surface area contributed by atoms with Crippen molar-refractivity contribution in [3.05, 3.63) is 0 Å². The van der Waals surface area contributed by atoms with Crippen LogP contribution in [0.2, 0.25) is 0 Å². The van der Waals surface area contributed by atoms with E-state index in [1.807, 2.05) is 0 Å². The second kappa shape index (κ2) is 25.0. The van der Waals surface area contributed by atoms with Gasteiger partial charge in [0.25, 0.3) is 0 Å². The summed E-state index contributed by atoms with van der Waals surface area (Å²) < 4.78 is 78.5. The lowest BCUT2D eigenvalue weighted by molar-refractivity contribution is -0.433. The van der Waals surface area contributed by atoms with Gasteiger partial charge in [-0.25, -0.2) is 0 Å². The van der Waals surface area contributed by atoms with E-state index in [0.717, 1.165) is 0 Å². The average Bonchev–Trinajstić information content (AvgIpc) is 3.42. The highest BCUT2D eigenvalue weighted by Gasteiger charge is 2.60. The Hall–Kier alpha value is -1.40. The van der Waals surface area contributed by atoms with Gasteiger partial charge in [-0.1, -0.05) is 0 Å². The summed E-state index contributed by atoms with van der Waals surface area (Å²) >= 11 is 0. The molecule has 21 aliphatic rings. The monoisotopic (exact) mass is 1120 g/mol. The molecule has 14 bridgehead atoms. The molecule has 0 aromatic rings. The zero-order valence-electron chi connectivity index (χ0n) is 39.6. The Morgan fingerprint density at radius 3 is 0.711 bits per heavy atom. The summed E-state index contributed by atoms with van der Waals surface area (Å²) in [6.45, 7) is -7.50. The van der Waals surface area contributed by atoms with Crippen LogP contribution < -0.4 is 0 Å². The molecule has 21 saturated heterocycles. The van der Waals surface area contributed by atoms with E-state index in [4.69, 9.17) is 66.3 Å². The number of hydrogen-bond donors (Lipinski definition) is 21. The highest BCUT2D eigenvalue weighted by molar-refractivity contribution is 5.01. The molecule has 442 valence electrons. The molecule has 8 unspecified atom stereocenters. The van der Waals surface area contributed by atoms with Crippen LogP contribution in [0, 0.1) is 0 Å². The lowest BCUT2D eigenvalue weighted by Gasteiger charge is -2.50. The van der Waals surface area contributed by atoms with Crippen molar-refractivity contribution in [1.29, 1.82) is 0 Å². The van der Waals surface area contributed by atoms with Crippen LogP contribution in [0.15, 0.2) is 0 Å². The molecule has 0 saturated carbocycles. The standard InChI is InChI=1S/C41H68O35/c42-1-8-27-14(48)20(54)35(64-8)71-28-9(2-43)65-36(21(55)15(28)49)72-29-10(3-44)66-37(22(56)16(29)50)73-30-11(4-45)67-38(23(57)17(30)51)74-31-12(5-46)68-39(24(58)18(31)52)75-32-13(6-47)69-40(25(59)19(32)53)76-41(62)7-63-34(70-27)26(60)33(41)61/h8-40,42-62H,1-7H2/t8-,9-,10-,11-,12-,13-,14?,15?,16?,17?,18?,19?,20-,21-,22-,23-,24-,25-,26-,27-,28-,29-,30-,31-,32-,33?,34-,35+,36-,37-,38-,39-,40-,41?/m0/s1. The van der Waals surface area contributed by atoms with Crippen LogP contribution in [0.25, 0.3) is 0 Å². The van der Waals surface area contributed by atoms with Gasteiger partial charge in [0.2, 0.25) is 5.79 Å². The Labute approximate surface area is 428 Å². The van der Waals surface area contributed by atoms with Crippen molar-refractivity contribution < 1.29 is 174 Å². The Bertz CT molecular complexity index is 1820. The first-order valence-electron chi connectivity index (χ1n) is 24.1. The number of hydrogen-bond acceptors (Lipinski definition) is 35. The second-order valence-corrected chi connectivity index (χ2v) is 19.4. The summed E-state index contributed by atoms with van der Waals surface area (Å²) in [4.78, 5) is 0. The largest absolute Gasteiger partial charge is 0.394 e. The molecule has 21 N–H and O–H groups in total. The van der Waals surface area contributed by atoms with E-state index in [0.29, 0.717) is 0 Å². The number of rotatable bonds is 6. The van der Waals surface area contributed by atoms with Gasteiger partial charge in [0.1, 0.15) is 165 Å². The predicted molar refractivity (Wildman–Crippen MR) is 224 cm³/mol. The third-order valence-electron chi connectivity index (χ3n) is 14.5. The normalized spacial score (nSPS) is 55.9. The van der Waals surface area contributed by atoms with Gasteiger partial charge in [-0.3, -0.25) is 0 Å². The van der Waals surface area contributed by atoms with Gasteiger partial charge in [0, 0.05) is 0 Å². The summed E-state index contributed by atoms with van der Waals surface area (Å²) in [6, 6.07) is 0. The lowest BCUT2D eigenvalue weighted by atomic mass is 9.95. The maximum atomic E-state index is 11.4. The number of aliphatic hydroxyl groups is 21. The molecule has 0 aromatic heterocycles. The van der Waals surface area contributed by atoms with E-state index in [1.165, 1.54) is 0 Å². The minimum absolute atomic E-state index is 1.05. The van der Waals surface area contributed by atoms with Gasteiger partial charge in [-0.2, -0.15) is 0 Å². The van der Waals surface area contributed by atoms with Crippen molar-refractivity contribution in [2.24, 2.45) is 0 Å². The van der Waals surface area contributed by atoms with Gasteiger partial charge >= 0.3 is 0 Å². The van der Waals surface area contributed by atoms with Crippen molar-refractivity contribution >= 4 is 0 Å². The number of aliphatic hydroxyl groups excluding tert-OH is 20. The van der Waals surface area contributed by atoms with Gasteiger partial charge in [-0.15, -0.1) is 0 Å². The van der Waals surface area contributed by atoms with Crippen LogP contribution in [-0.2, 0) is 66.3 Å². The molecule has 21 aliphatic heterocycles. The van der Waals surface area contributed by atoms with Crippen LogP contribution in [0.1, 0.15) is 0 Å². The number of ether oxygens (including phenoxy) is 14. The van der Waals surface area contributed by atoms with Gasteiger partial charge < -0.3 is 174 Å². The summed E-state index contributed by atoms with van der Waals surface area (Å²) in [7, 11) is 0. The molecule has 35 heteroatoms. The van der Waals surface area contributed by atoms with Crippen molar-refractivity contribution in [2.45, 2.75) is 209 Å². The third-order valence-corrected chi connectivity index (χ3v) is 14.5. The topological polar surface area (TPSA) is 554 Å². The first-order valence-corrected chi connectivity index (χ1v) is 24.1. The fraction of sp³-hybridized carbons (Fsp3) is 1.00. The molecule has 0 aliphatic carbocycles. The molecule has 0 aromatic carbocycles. The average molecular weight is 1120 g/mol. The molecule has 21 heterocycles. The summed E-state index contributed by atoms with van der Waals surface area (Å²) in [5, 5.41) is 230. The molecule has 21 fully saturated rings. The molecule has 0 radical (unpaired) electrons. The van der Waals surface area contributed by atoms with E-state index >= 15 is 0 Å². The maximum absolute atomic E-state index is 11.4. The Morgan fingerprint density at radius 2 is 0.474 bits per heavy atom. The Morgan fingerprint density at radius 1 is 0.263 bits per heavy atom. The van der Waals surface area contributed by atoms with E-state index in [2.05, 4.69) is 0 Å². The molecular formula is C41H68O35. The van der Waals surface area contributed by atoms with Crippen LogP contribution in [-0.4, -0.2) is 362 Å². The van der Waals surface area contributed by atoms with Crippen LogP contribution >= 0.6 is 0 Å². The Kier molecular flexibility index (Phi) is 20.0. The first-order chi connectivity index (χ1) is 36.1. The summed E-state index contributed by atoms with van der Waals surface area (Å²) in [6.07, 6.45) is -67.6. The zero-order chi connectivity index (χ0) is 55.4. The molecule has 21 rings (SSSR count). The molecular weight excluding hydrogens is 1050 g/mol. The van der Waals surface area contributed by atoms with Crippen LogP contribution in [0.4, 0.5) is 0 Å². The summed E-state index contributed by atoms with van der Waals surface area (Å²) in [5.41, 5.74) is 0. The highest BCUT2D eigenvalue weighted by Crippen LogP contribution is 2.39. The van der Waals surface area contributed by atoms with Gasteiger partial charge in [0.15, 0.2) is 44.0 Å². The molecule has 34 atom stereocenters. The predicted octanol–water partition coefficient (Wildman–Crippen LogP) is -15.3. The lowest BCUT2D eigenvalue weighted by Crippen LogP contribution is -2.69. The fourth-order valence-corrected chi connectivity index (χ4v) is 10.1. The van der Waals surface area contributed by atoms with Crippen molar-refractivity contribution in [1.82, 2.24) is 0 Å². The van der Waals surface area contributed by atoms with Gasteiger partial charge in [0.05, 0.1) is 39.6 Å². The second-order valence-electron chi connectivity index (χ2n) is 19.4. The first kappa shape index (κ1) is 60.7. The molecule has 0 amide bonds. The minimum atomic E-state index is -3.06. The quantitative estimate of drug-likeness (QED) is 0.117. The van der Waals surface area contributed by atoms with Crippen LogP contribution in [0.3, 0.4) is 0 Å². The zero-order valence-corrected chi connectivity index (χ0v) is 39.6. The maximum Gasteiger partial charge on any atom is 0.221 e. The van der Waals surface area contributed by atoms with Crippen molar-refractivity contribution in [2.75, 3.05) is 46.2 Å². The molecule has 76 heavy (non-hydrogen) atoms. The smallest absolute Gasteiger partial charge is 0.221 e. The van der Waals surface area contributed by atoms with Crippen molar-refractivity contribution in [3.63, 3.8) is 0 Å². The van der Waals surface area contributed by atoms with Gasteiger partial charge in [-0.05, 0) is 0 Å². The fourth-order valence-electron chi connectivity index (χ4n) is 10.1. The van der Waals surface area contributed by atoms with E-state index in [1.54, 1.807) is 0 Å². The molecule has 0 spiro atoms. The summed E-state index contributed by atoms with van der Waals surface area (Å²) in [5.74, 6) is -3.06. The highest BCUT2D eigenvalue weighted by atomic mass is 16.8. The minimum Gasteiger partial charge on any atom is -0.394 e. The molecule has 35 nitrogen and oxygen atoms in total. The third kappa shape index (κ3) is 11.5.